The zero-order valence-corrected chi connectivity index (χ0v) is 13.0. The molecule has 0 aliphatic rings. The second-order valence-electron chi connectivity index (χ2n) is 5.29. The third kappa shape index (κ3) is 2.78. The number of para-hydroxylation sites is 2. The number of carbonyl (C=O) groups is 1. The SMILES string of the molecule is Nc1nonc1-c1nc2ccccc2n1CC(=O)Nc1ccncc1. The molecular weight excluding hydrogens is 322 g/mol. The summed E-state index contributed by atoms with van der Waals surface area (Å²) in [5, 5.41) is 10.2. The number of carbonyl (C=O) groups excluding carboxylic acids is 1. The summed E-state index contributed by atoms with van der Waals surface area (Å²) in [6.45, 7) is 0.0322. The van der Waals surface area contributed by atoms with Crippen LogP contribution in [0.3, 0.4) is 0 Å². The molecule has 0 spiro atoms. The Bertz CT molecular complexity index is 1040. The number of fused-ring (bicyclic) bond motifs is 1. The number of nitrogens with one attached hydrogen (secondary N) is 1. The summed E-state index contributed by atoms with van der Waals surface area (Å²) in [4.78, 5) is 20.9. The minimum atomic E-state index is -0.217. The van der Waals surface area contributed by atoms with Gasteiger partial charge in [-0.05, 0) is 34.6 Å². The van der Waals surface area contributed by atoms with Gasteiger partial charge in [0.05, 0.1) is 11.0 Å². The molecule has 3 aromatic heterocycles. The monoisotopic (exact) mass is 335 g/mol. The van der Waals surface area contributed by atoms with Crippen molar-refractivity contribution < 1.29 is 9.42 Å². The Balaban J connectivity index is 1.73. The highest BCUT2D eigenvalue weighted by Gasteiger charge is 2.20. The normalized spacial score (nSPS) is 10.9. The van der Waals surface area contributed by atoms with Crippen molar-refractivity contribution in [2.24, 2.45) is 0 Å². The molecule has 3 heterocycles. The minimum Gasteiger partial charge on any atom is -0.379 e. The number of rotatable bonds is 4. The van der Waals surface area contributed by atoms with Crippen molar-refractivity contribution >= 4 is 28.4 Å². The molecule has 0 saturated carbocycles. The van der Waals surface area contributed by atoms with Crippen LogP contribution in [0.15, 0.2) is 53.4 Å². The molecule has 1 amide bonds. The largest absolute Gasteiger partial charge is 0.379 e. The highest BCUT2D eigenvalue weighted by Crippen LogP contribution is 2.26. The van der Waals surface area contributed by atoms with E-state index >= 15 is 0 Å². The molecule has 9 heteroatoms. The number of aromatic nitrogens is 5. The number of benzene rings is 1. The molecule has 0 saturated heterocycles. The van der Waals surface area contributed by atoms with Crippen molar-refractivity contribution in [3.8, 4) is 11.5 Å². The number of pyridine rings is 1. The van der Waals surface area contributed by atoms with Crippen LogP contribution < -0.4 is 11.1 Å². The standard InChI is InChI=1S/C16H13N7O2/c17-15-14(21-25-22-15)16-20-11-3-1-2-4-12(11)23(16)9-13(24)19-10-5-7-18-8-6-10/h1-8H,9H2,(H2,17,22)(H,18,19,24). The van der Waals surface area contributed by atoms with Crippen molar-refractivity contribution in [3.05, 3.63) is 48.8 Å². The average molecular weight is 335 g/mol. The van der Waals surface area contributed by atoms with Crippen LogP contribution in [0.2, 0.25) is 0 Å². The number of amides is 1. The fourth-order valence-electron chi connectivity index (χ4n) is 2.55. The van der Waals surface area contributed by atoms with Gasteiger partial charge >= 0.3 is 0 Å². The van der Waals surface area contributed by atoms with Gasteiger partial charge in [-0.2, -0.15) is 0 Å². The molecule has 0 atom stereocenters. The van der Waals surface area contributed by atoms with E-state index in [4.69, 9.17) is 5.73 Å². The summed E-state index contributed by atoms with van der Waals surface area (Å²) in [5.74, 6) is 0.321. The third-order valence-corrected chi connectivity index (χ3v) is 3.65. The Morgan fingerprint density at radius 3 is 2.72 bits per heavy atom. The molecule has 9 nitrogen and oxygen atoms in total. The van der Waals surface area contributed by atoms with E-state index in [2.05, 4.69) is 30.2 Å². The number of nitrogen functional groups attached to an aromatic ring is 1. The van der Waals surface area contributed by atoms with Crippen LogP contribution in [0.5, 0.6) is 0 Å². The fourth-order valence-corrected chi connectivity index (χ4v) is 2.55. The summed E-state index contributed by atoms with van der Waals surface area (Å²) in [6.07, 6.45) is 3.21. The predicted molar refractivity (Wildman–Crippen MR) is 90.3 cm³/mol. The van der Waals surface area contributed by atoms with Crippen molar-refractivity contribution in [1.82, 2.24) is 24.8 Å². The number of hydrogen-bond donors (Lipinski definition) is 2. The van der Waals surface area contributed by atoms with Gasteiger partial charge in [0.25, 0.3) is 0 Å². The molecule has 4 rings (SSSR count). The smallest absolute Gasteiger partial charge is 0.244 e. The van der Waals surface area contributed by atoms with Gasteiger partial charge in [-0.15, -0.1) is 0 Å². The van der Waals surface area contributed by atoms with Gasteiger partial charge in [0, 0.05) is 18.1 Å². The summed E-state index contributed by atoms with van der Waals surface area (Å²) < 4.78 is 6.39. The molecule has 0 fully saturated rings. The van der Waals surface area contributed by atoms with E-state index in [1.807, 2.05) is 24.3 Å². The highest BCUT2D eigenvalue weighted by molar-refractivity contribution is 5.92. The second-order valence-corrected chi connectivity index (χ2v) is 5.29. The lowest BCUT2D eigenvalue weighted by Gasteiger charge is -2.09. The maximum Gasteiger partial charge on any atom is 0.244 e. The van der Waals surface area contributed by atoms with Crippen LogP contribution in [-0.2, 0) is 11.3 Å². The number of hydrogen-bond acceptors (Lipinski definition) is 7. The van der Waals surface area contributed by atoms with Gasteiger partial charge in [-0.25, -0.2) is 9.61 Å². The van der Waals surface area contributed by atoms with E-state index in [1.165, 1.54) is 0 Å². The van der Waals surface area contributed by atoms with Crippen molar-refractivity contribution in [2.45, 2.75) is 6.54 Å². The summed E-state index contributed by atoms with van der Waals surface area (Å²) in [5.41, 5.74) is 8.25. The first-order chi connectivity index (χ1) is 12.2. The van der Waals surface area contributed by atoms with E-state index in [9.17, 15) is 4.79 Å². The first-order valence-electron chi connectivity index (χ1n) is 7.46. The Kier molecular flexibility index (Phi) is 3.58. The quantitative estimate of drug-likeness (QED) is 0.581. The maximum absolute atomic E-state index is 12.5. The van der Waals surface area contributed by atoms with Crippen LogP contribution in [0, 0.1) is 0 Å². The lowest BCUT2D eigenvalue weighted by Crippen LogP contribution is -2.19. The zero-order valence-electron chi connectivity index (χ0n) is 13.0. The van der Waals surface area contributed by atoms with Crippen LogP contribution in [0.1, 0.15) is 0 Å². The van der Waals surface area contributed by atoms with Gasteiger partial charge in [0.2, 0.25) is 5.91 Å². The second kappa shape index (κ2) is 6.04. The highest BCUT2D eigenvalue weighted by atomic mass is 16.6. The first kappa shape index (κ1) is 14.8. The molecule has 124 valence electrons. The lowest BCUT2D eigenvalue weighted by atomic mass is 10.3. The van der Waals surface area contributed by atoms with Gasteiger partial charge in [0.15, 0.2) is 17.3 Å². The number of nitrogens with two attached hydrogens (primary N) is 1. The number of imidazole rings is 1. The van der Waals surface area contributed by atoms with E-state index in [-0.39, 0.29) is 18.3 Å². The van der Waals surface area contributed by atoms with Gasteiger partial charge in [0.1, 0.15) is 6.54 Å². The van der Waals surface area contributed by atoms with Crippen LogP contribution >= 0.6 is 0 Å². The van der Waals surface area contributed by atoms with Gasteiger partial charge in [-0.1, -0.05) is 12.1 Å². The molecule has 0 radical (unpaired) electrons. The summed E-state index contributed by atoms with van der Waals surface area (Å²) in [7, 11) is 0. The molecule has 1 aromatic carbocycles. The maximum atomic E-state index is 12.5. The van der Waals surface area contributed by atoms with E-state index in [0.717, 1.165) is 11.0 Å². The van der Waals surface area contributed by atoms with Gasteiger partial charge in [-0.3, -0.25) is 9.78 Å². The summed E-state index contributed by atoms with van der Waals surface area (Å²) >= 11 is 0. The van der Waals surface area contributed by atoms with E-state index < -0.39 is 0 Å². The van der Waals surface area contributed by atoms with Crippen LogP contribution in [0.4, 0.5) is 11.5 Å². The van der Waals surface area contributed by atoms with E-state index in [0.29, 0.717) is 17.2 Å². The molecule has 25 heavy (non-hydrogen) atoms. The van der Waals surface area contributed by atoms with Crippen molar-refractivity contribution in [2.75, 3.05) is 11.1 Å². The van der Waals surface area contributed by atoms with Crippen molar-refractivity contribution in [3.63, 3.8) is 0 Å². The van der Waals surface area contributed by atoms with E-state index in [1.54, 1.807) is 29.1 Å². The molecule has 0 aliphatic carbocycles. The molecule has 4 aromatic rings. The molecule has 0 aliphatic heterocycles. The third-order valence-electron chi connectivity index (χ3n) is 3.65. The lowest BCUT2D eigenvalue weighted by molar-refractivity contribution is -0.116. The van der Waals surface area contributed by atoms with Crippen LogP contribution in [0.25, 0.3) is 22.6 Å². The Morgan fingerprint density at radius 1 is 1.16 bits per heavy atom. The number of anilines is 2. The predicted octanol–water partition coefficient (Wildman–Crippen LogP) is 1.70. The average Bonchev–Trinajstić information content (AvgIpc) is 3.19. The topological polar surface area (TPSA) is 125 Å². The fraction of sp³-hybridized carbons (Fsp3) is 0.0625. The molecule has 3 N–H and O–H groups in total. The first-order valence-corrected chi connectivity index (χ1v) is 7.46. The zero-order chi connectivity index (χ0) is 17.2. The Labute approximate surface area is 141 Å². The Morgan fingerprint density at radius 2 is 1.96 bits per heavy atom. The molecule has 0 bridgehead atoms. The minimum absolute atomic E-state index is 0.0322. The van der Waals surface area contributed by atoms with Crippen LogP contribution in [-0.4, -0.2) is 30.8 Å². The summed E-state index contributed by atoms with van der Waals surface area (Å²) in [6, 6.07) is 10.9. The molecular formula is C16H13N7O2. The number of nitrogens with zero attached hydrogens (tertiary/aromatic N) is 5. The van der Waals surface area contributed by atoms with Gasteiger partial charge < -0.3 is 15.6 Å². The molecule has 0 unspecified atom stereocenters. The van der Waals surface area contributed by atoms with Crippen molar-refractivity contribution in [1.29, 1.82) is 0 Å². The Hall–Kier alpha value is -3.75.